The van der Waals surface area contributed by atoms with Gasteiger partial charge in [-0.05, 0) is 49.1 Å². The molecule has 0 spiro atoms. The van der Waals surface area contributed by atoms with Gasteiger partial charge in [-0.3, -0.25) is 9.69 Å². The number of nitrogens with zero attached hydrogens (tertiary/aromatic N) is 3. The van der Waals surface area contributed by atoms with Crippen LogP contribution in [0, 0.1) is 13.8 Å². The number of aromatic amines is 1. The number of hydrogen-bond donors (Lipinski definition) is 1. The molecule has 136 valence electrons. The summed E-state index contributed by atoms with van der Waals surface area (Å²) < 4.78 is 0. The van der Waals surface area contributed by atoms with Crippen LogP contribution >= 0.6 is 11.3 Å². The first kappa shape index (κ1) is 17.2. The van der Waals surface area contributed by atoms with Gasteiger partial charge in [0.05, 0.1) is 22.5 Å². The number of rotatable bonds is 3. The molecule has 2 aromatic heterocycles. The Balaban J connectivity index is 1.53. The average molecular weight is 369 g/mol. The summed E-state index contributed by atoms with van der Waals surface area (Å²) in [5.74, 6) is 1.11. The zero-order chi connectivity index (χ0) is 18.4. The van der Waals surface area contributed by atoms with E-state index in [1.54, 1.807) is 30.3 Å². The minimum atomic E-state index is 0.0964. The number of imidazole rings is 1. The summed E-state index contributed by atoms with van der Waals surface area (Å²) in [4.78, 5) is 26.7. The van der Waals surface area contributed by atoms with Crippen LogP contribution in [0.2, 0.25) is 0 Å². The molecule has 5 nitrogen and oxygen atoms in total. The van der Waals surface area contributed by atoms with E-state index in [1.807, 2.05) is 0 Å². The lowest BCUT2D eigenvalue weighted by Crippen LogP contribution is -2.29. The van der Waals surface area contributed by atoms with Gasteiger partial charge in [0.2, 0.25) is 0 Å². The Bertz CT molecular complexity index is 985. The van der Waals surface area contributed by atoms with Crippen molar-refractivity contribution in [3.63, 3.8) is 0 Å². The van der Waals surface area contributed by atoms with Gasteiger partial charge in [0.25, 0.3) is 5.91 Å². The summed E-state index contributed by atoms with van der Waals surface area (Å²) in [6.07, 6.45) is 0.999. The summed E-state index contributed by atoms with van der Waals surface area (Å²) in [6, 6.07) is 6.32. The van der Waals surface area contributed by atoms with E-state index in [2.05, 4.69) is 41.9 Å². The minimum Gasteiger partial charge on any atom is -0.344 e. The van der Waals surface area contributed by atoms with Gasteiger partial charge in [0, 0.05) is 32.1 Å². The highest BCUT2D eigenvalue weighted by Crippen LogP contribution is 2.29. The maximum absolute atomic E-state index is 12.2. The second-order valence-electron chi connectivity index (χ2n) is 7.31. The molecule has 1 aromatic carbocycles. The maximum Gasteiger partial charge on any atom is 0.263 e. The monoisotopic (exact) mass is 368 g/mol. The Labute approximate surface area is 157 Å². The summed E-state index contributed by atoms with van der Waals surface area (Å²) in [7, 11) is 3.61. The topological polar surface area (TPSA) is 52.2 Å². The highest BCUT2D eigenvalue weighted by atomic mass is 32.1. The Morgan fingerprint density at radius 3 is 2.92 bits per heavy atom. The summed E-state index contributed by atoms with van der Waals surface area (Å²) in [5, 5.41) is 0. The Kier molecular flexibility index (Phi) is 4.32. The zero-order valence-corrected chi connectivity index (χ0v) is 16.5. The Morgan fingerprint density at radius 2 is 2.15 bits per heavy atom. The molecule has 1 N–H and O–H groups in total. The van der Waals surface area contributed by atoms with Crippen LogP contribution in [0.25, 0.3) is 11.0 Å². The number of carbonyl (C=O) groups excluding carboxylic acids is 1. The number of thiophene rings is 1. The van der Waals surface area contributed by atoms with Crippen molar-refractivity contribution in [2.24, 2.45) is 0 Å². The van der Waals surface area contributed by atoms with E-state index in [0.717, 1.165) is 47.8 Å². The van der Waals surface area contributed by atoms with Crippen LogP contribution < -0.4 is 0 Å². The molecule has 1 aliphatic rings. The van der Waals surface area contributed by atoms with Crippen molar-refractivity contribution in [1.29, 1.82) is 0 Å². The predicted molar refractivity (Wildman–Crippen MR) is 106 cm³/mol. The van der Waals surface area contributed by atoms with Gasteiger partial charge in [0.1, 0.15) is 5.82 Å². The standard InChI is InChI=1S/C20H24N4OS/c1-12-5-6-15-19(13(12)2)22-18(21-15)11-24-8-7-16-14(10-24)9-17(26-16)20(25)23(3)4/h5-6,9H,7-8,10-11H2,1-4H3,(H,21,22). The first-order valence-electron chi connectivity index (χ1n) is 8.92. The second kappa shape index (κ2) is 6.52. The van der Waals surface area contributed by atoms with E-state index in [-0.39, 0.29) is 5.91 Å². The molecule has 6 heteroatoms. The van der Waals surface area contributed by atoms with Crippen molar-refractivity contribution in [2.45, 2.75) is 33.4 Å². The number of fused-ring (bicyclic) bond motifs is 2. The summed E-state index contributed by atoms with van der Waals surface area (Å²) >= 11 is 1.65. The molecule has 0 bridgehead atoms. The van der Waals surface area contributed by atoms with Crippen LogP contribution in [0.1, 0.15) is 37.1 Å². The Hall–Kier alpha value is -2.18. The molecule has 0 saturated heterocycles. The summed E-state index contributed by atoms with van der Waals surface area (Å²) in [5.41, 5.74) is 5.99. The SMILES string of the molecule is Cc1ccc2[nH]c(CN3CCc4sc(C(=O)N(C)C)cc4C3)nc2c1C. The number of aryl methyl sites for hydroxylation is 2. The van der Waals surface area contributed by atoms with Crippen LogP contribution in [0.15, 0.2) is 18.2 Å². The van der Waals surface area contributed by atoms with Gasteiger partial charge in [-0.2, -0.15) is 0 Å². The van der Waals surface area contributed by atoms with E-state index >= 15 is 0 Å². The fraction of sp³-hybridized carbons (Fsp3) is 0.400. The number of nitrogens with one attached hydrogen (secondary N) is 1. The quantitative estimate of drug-likeness (QED) is 0.770. The molecule has 26 heavy (non-hydrogen) atoms. The second-order valence-corrected chi connectivity index (χ2v) is 8.44. The molecule has 3 heterocycles. The lowest BCUT2D eigenvalue weighted by Gasteiger charge is -2.25. The van der Waals surface area contributed by atoms with Crippen LogP contribution in [0.3, 0.4) is 0 Å². The van der Waals surface area contributed by atoms with E-state index < -0.39 is 0 Å². The number of hydrogen-bond acceptors (Lipinski definition) is 4. The van der Waals surface area contributed by atoms with E-state index in [4.69, 9.17) is 4.98 Å². The molecule has 1 aliphatic heterocycles. The van der Waals surface area contributed by atoms with Crippen molar-refractivity contribution < 1.29 is 4.79 Å². The van der Waals surface area contributed by atoms with Crippen molar-refractivity contribution >= 4 is 28.3 Å². The summed E-state index contributed by atoms with van der Waals surface area (Å²) in [6.45, 7) is 6.93. The third kappa shape index (κ3) is 3.04. The fourth-order valence-corrected chi connectivity index (χ4v) is 4.69. The number of carbonyl (C=O) groups is 1. The predicted octanol–water partition coefficient (Wildman–Crippen LogP) is 3.50. The third-order valence-electron chi connectivity index (χ3n) is 5.16. The third-order valence-corrected chi connectivity index (χ3v) is 6.39. The first-order chi connectivity index (χ1) is 12.4. The zero-order valence-electron chi connectivity index (χ0n) is 15.7. The average Bonchev–Trinajstić information content (AvgIpc) is 3.21. The van der Waals surface area contributed by atoms with Crippen molar-refractivity contribution in [3.8, 4) is 0 Å². The van der Waals surface area contributed by atoms with Crippen molar-refractivity contribution in [2.75, 3.05) is 20.6 Å². The number of amides is 1. The lowest BCUT2D eigenvalue weighted by atomic mass is 10.1. The molecule has 0 unspecified atom stereocenters. The van der Waals surface area contributed by atoms with Crippen LogP contribution in [-0.4, -0.2) is 46.3 Å². The first-order valence-corrected chi connectivity index (χ1v) is 9.74. The van der Waals surface area contributed by atoms with Gasteiger partial charge in [-0.25, -0.2) is 4.98 Å². The molecule has 0 aliphatic carbocycles. The van der Waals surface area contributed by atoms with Crippen molar-refractivity contribution in [1.82, 2.24) is 19.8 Å². The van der Waals surface area contributed by atoms with Crippen molar-refractivity contribution in [3.05, 3.63) is 50.5 Å². The maximum atomic E-state index is 12.2. The molecule has 0 atom stereocenters. The minimum absolute atomic E-state index is 0.0964. The molecule has 0 radical (unpaired) electrons. The van der Waals surface area contributed by atoms with Gasteiger partial charge in [-0.15, -0.1) is 11.3 Å². The molecule has 0 saturated carbocycles. The van der Waals surface area contributed by atoms with Gasteiger partial charge in [-0.1, -0.05) is 6.07 Å². The molecule has 1 amide bonds. The van der Waals surface area contributed by atoms with E-state index in [9.17, 15) is 4.79 Å². The van der Waals surface area contributed by atoms with E-state index in [1.165, 1.54) is 21.6 Å². The smallest absolute Gasteiger partial charge is 0.263 e. The lowest BCUT2D eigenvalue weighted by molar-refractivity contribution is 0.0832. The van der Waals surface area contributed by atoms with Gasteiger partial charge >= 0.3 is 0 Å². The highest BCUT2D eigenvalue weighted by Gasteiger charge is 2.23. The number of benzene rings is 1. The number of H-pyrrole nitrogens is 1. The van der Waals surface area contributed by atoms with E-state index in [0.29, 0.717) is 0 Å². The van der Waals surface area contributed by atoms with Crippen LogP contribution in [0.5, 0.6) is 0 Å². The Morgan fingerprint density at radius 1 is 1.35 bits per heavy atom. The molecule has 0 fully saturated rings. The van der Waals surface area contributed by atoms with Gasteiger partial charge in [0.15, 0.2) is 0 Å². The molecular formula is C20H24N4OS. The van der Waals surface area contributed by atoms with Gasteiger partial charge < -0.3 is 9.88 Å². The molecular weight excluding hydrogens is 344 g/mol. The molecule has 3 aromatic rings. The fourth-order valence-electron chi connectivity index (χ4n) is 3.50. The highest BCUT2D eigenvalue weighted by molar-refractivity contribution is 7.14. The van der Waals surface area contributed by atoms with Crippen LogP contribution in [0.4, 0.5) is 0 Å². The number of aromatic nitrogens is 2. The van der Waals surface area contributed by atoms with Crippen LogP contribution in [-0.2, 0) is 19.5 Å². The largest absolute Gasteiger partial charge is 0.344 e. The normalized spacial score (nSPS) is 14.6. The molecule has 4 rings (SSSR count).